The van der Waals surface area contributed by atoms with Gasteiger partial charge in [-0.25, -0.2) is 0 Å². The summed E-state index contributed by atoms with van der Waals surface area (Å²) in [5, 5.41) is 2.33. The molecule has 0 saturated carbocycles. The van der Waals surface area contributed by atoms with Gasteiger partial charge in [-0.2, -0.15) is 13.2 Å². The minimum Gasteiger partial charge on any atom is -0.460 e. The average molecular weight is 327 g/mol. The van der Waals surface area contributed by atoms with E-state index in [0.717, 1.165) is 22.5 Å². The van der Waals surface area contributed by atoms with Crippen molar-refractivity contribution in [3.8, 4) is 0 Å². The van der Waals surface area contributed by atoms with Crippen molar-refractivity contribution in [2.45, 2.75) is 19.6 Å². The summed E-state index contributed by atoms with van der Waals surface area (Å²) in [6.07, 6.45) is -4.51. The standard InChI is InChI=1S/C16H17F3N2O2/c1-11-7-8-12(23-11)9-21(2)10-15(22)20-14-6-4-3-5-13(14)16(17,18)19/h3-8H,9-10H2,1-2H3,(H,20,22)/p+1. The second kappa shape index (κ2) is 6.87. The Bertz CT molecular complexity index is 680. The van der Waals surface area contributed by atoms with Crippen LogP contribution < -0.4 is 10.2 Å². The number of quaternary nitrogens is 1. The zero-order chi connectivity index (χ0) is 17.0. The summed E-state index contributed by atoms with van der Waals surface area (Å²) in [6.45, 7) is 2.33. The van der Waals surface area contributed by atoms with Gasteiger partial charge in [0.1, 0.15) is 12.3 Å². The number of alkyl halides is 3. The van der Waals surface area contributed by atoms with E-state index in [1.807, 2.05) is 19.1 Å². The fourth-order valence-electron chi connectivity index (χ4n) is 2.25. The SMILES string of the molecule is Cc1ccc(C[NH+](C)CC(=O)Nc2ccccc2C(F)(F)F)o1. The van der Waals surface area contributed by atoms with Gasteiger partial charge >= 0.3 is 6.18 Å². The number of carbonyl (C=O) groups is 1. The van der Waals surface area contributed by atoms with E-state index in [1.165, 1.54) is 18.2 Å². The van der Waals surface area contributed by atoms with Crippen LogP contribution in [0.4, 0.5) is 18.9 Å². The predicted molar refractivity (Wildman–Crippen MR) is 79.0 cm³/mol. The first-order chi connectivity index (χ1) is 10.8. The smallest absolute Gasteiger partial charge is 0.418 e. The van der Waals surface area contributed by atoms with Gasteiger partial charge in [0.25, 0.3) is 5.91 Å². The van der Waals surface area contributed by atoms with Crippen molar-refractivity contribution in [1.29, 1.82) is 0 Å². The monoisotopic (exact) mass is 327 g/mol. The predicted octanol–water partition coefficient (Wildman–Crippen LogP) is 2.26. The molecule has 2 aromatic rings. The van der Waals surface area contributed by atoms with Gasteiger partial charge in [-0.1, -0.05) is 12.1 Å². The van der Waals surface area contributed by atoms with Crippen LogP contribution in [0.25, 0.3) is 0 Å². The summed E-state index contributed by atoms with van der Waals surface area (Å²) in [5.74, 6) is 1.02. The number of para-hydroxylation sites is 1. The maximum absolute atomic E-state index is 12.9. The number of anilines is 1. The summed E-state index contributed by atoms with van der Waals surface area (Å²) < 4.78 is 44.1. The highest BCUT2D eigenvalue weighted by atomic mass is 19.4. The van der Waals surface area contributed by atoms with E-state index >= 15 is 0 Å². The van der Waals surface area contributed by atoms with Crippen LogP contribution in [0.3, 0.4) is 0 Å². The highest BCUT2D eigenvalue weighted by molar-refractivity contribution is 5.92. The molecule has 2 N–H and O–H groups in total. The molecule has 0 saturated heterocycles. The van der Waals surface area contributed by atoms with E-state index < -0.39 is 17.6 Å². The second-order valence-electron chi connectivity index (χ2n) is 5.41. The van der Waals surface area contributed by atoms with E-state index in [4.69, 9.17) is 4.42 Å². The Kier molecular flexibility index (Phi) is 5.10. The molecule has 1 amide bonds. The second-order valence-corrected chi connectivity index (χ2v) is 5.41. The quantitative estimate of drug-likeness (QED) is 0.885. The fourth-order valence-corrected chi connectivity index (χ4v) is 2.25. The minimum atomic E-state index is -4.51. The van der Waals surface area contributed by atoms with E-state index in [-0.39, 0.29) is 12.2 Å². The Morgan fingerprint density at radius 3 is 2.52 bits per heavy atom. The van der Waals surface area contributed by atoms with Gasteiger partial charge in [0.2, 0.25) is 0 Å². The number of nitrogens with one attached hydrogen (secondary N) is 2. The number of halogens is 3. The summed E-state index contributed by atoms with van der Waals surface area (Å²) in [5.41, 5.74) is -1.08. The van der Waals surface area contributed by atoms with Crippen molar-refractivity contribution >= 4 is 11.6 Å². The number of amides is 1. The van der Waals surface area contributed by atoms with Crippen LogP contribution in [0.1, 0.15) is 17.1 Å². The van der Waals surface area contributed by atoms with E-state index in [2.05, 4.69) is 5.32 Å². The Morgan fingerprint density at radius 1 is 1.22 bits per heavy atom. The minimum absolute atomic E-state index is 0.0337. The van der Waals surface area contributed by atoms with Gasteiger partial charge in [-0.05, 0) is 31.2 Å². The van der Waals surface area contributed by atoms with E-state index in [9.17, 15) is 18.0 Å². The summed E-state index contributed by atoms with van der Waals surface area (Å²) in [7, 11) is 1.77. The lowest BCUT2D eigenvalue weighted by molar-refractivity contribution is -0.886. The Morgan fingerprint density at radius 2 is 1.91 bits per heavy atom. The summed E-state index contributed by atoms with van der Waals surface area (Å²) in [4.78, 5) is 12.8. The van der Waals surface area contributed by atoms with Crippen molar-refractivity contribution in [3.05, 3.63) is 53.5 Å². The third-order valence-corrected chi connectivity index (χ3v) is 3.24. The maximum atomic E-state index is 12.9. The van der Waals surface area contributed by atoms with Gasteiger partial charge in [0.15, 0.2) is 12.3 Å². The summed E-state index contributed by atoms with van der Waals surface area (Å²) in [6, 6.07) is 8.56. The largest absolute Gasteiger partial charge is 0.460 e. The zero-order valence-corrected chi connectivity index (χ0v) is 12.8. The molecule has 0 aliphatic carbocycles. The Labute approximate surface area is 131 Å². The van der Waals surface area contributed by atoms with Gasteiger partial charge in [-0.3, -0.25) is 4.79 Å². The number of carbonyl (C=O) groups excluding carboxylic acids is 1. The molecule has 2 rings (SSSR count). The molecule has 1 aromatic carbocycles. The number of aryl methyl sites for hydroxylation is 1. The van der Waals surface area contributed by atoms with E-state index in [0.29, 0.717) is 6.54 Å². The van der Waals surface area contributed by atoms with Crippen molar-refractivity contribution in [3.63, 3.8) is 0 Å². The van der Waals surface area contributed by atoms with Crippen LogP contribution in [-0.4, -0.2) is 19.5 Å². The molecule has 0 bridgehead atoms. The molecule has 124 valence electrons. The first-order valence-corrected chi connectivity index (χ1v) is 7.08. The lowest BCUT2D eigenvalue weighted by Gasteiger charge is -2.15. The average Bonchev–Trinajstić information content (AvgIpc) is 2.83. The molecule has 1 heterocycles. The van der Waals surface area contributed by atoms with Crippen LogP contribution in [0, 0.1) is 6.92 Å². The molecular formula is C16H18F3N2O2+. The highest BCUT2D eigenvalue weighted by Crippen LogP contribution is 2.34. The van der Waals surface area contributed by atoms with Gasteiger partial charge in [-0.15, -0.1) is 0 Å². The number of hydrogen-bond donors (Lipinski definition) is 2. The van der Waals surface area contributed by atoms with Crippen LogP contribution in [-0.2, 0) is 17.5 Å². The molecule has 1 unspecified atom stereocenters. The molecular weight excluding hydrogens is 309 g/mol. The molecule has 0 fully saturated rings. The Balaban J connectivity index is 1.97. The third-order valence-electron chi connectivity index (χ3n) is 3.24. The lowest BCUT2D eigenvalue weighted by atomic mass is 10.1. The first kappa shape index (κ1) is 17.1. The number of rotatable bonds is 5. The van der Waals surface area contributed by atoms with E-state index in [1.54, 1.807) is 7.05 Å². The van der Waals surface area contributed by atoms with Crippen LogP contribution in [0.2, 0.25) is 0 Å². The van der Waals surface area contributed by atoms with Crippen LogP contribution in [0.15, 0.2) is 40.8 Å². The number of furan rings is 1. The third kappa shape index (κ3) is 4.85. The Hall–Kier alpha value is -2.28. The summed E-state index contributed by atoms with van der Waals surface area (Å²) >= 11 is 0. The molecule has 0 aliphatic rings. The van der Waals surface area contributed by atoms with Crippen molar-refractivity contribution in [2.75, 3.05) is 18.9 Å². The number of likely N-dealkylation sites (N-methyl/N-ethyl adjacent to an activating group) is 1. The number of hydrogen-bond acceptors (Lipinski definition) is 2. The molecule has 1 atom stereocenters. The van der Waals surface area contributed by atoms with Crippen molar-refractivity contribution in [1.82, 2.24) is 0 Å². The first-order valence-electron chi connectivity index (χ1n) is 7.08. The molecule has 0 radical (unpaired) electrons. The van der Waals surface area contributed by atoms with Gasteiger partial charge in [0.05, 0.1) is 18.3 Å². The topological polar surface area (TPSA) is 46.7 Å². The fraction of sp³-hybridized carbons (Fsp3) is 0.312. The highest BCUT2D eigenvalue weighted by Gasteiger charge is 2.33. The van der Waals surface area contributed by atoms with Crippen LogP contribution >= 0.6 is 0 Å². The zero-order valence-electron chi connectivity index (χ0n) is 12.8. The lowest BCUT2D eigenvalue weighted by Crippen LogP contribution is -3.08. The van der Waals surface area contributed by atoms with Crippen LogP contribution in [0.5, 0.6) is 0 Å². The number of benzene rings is 1. The van der Waals surface area contributed by atoms with Gasteiger partial charge in [0, 0.05) is 0 Å². The van der Waals surface area contributed by atoms with Crippen molar-refractivity contribution in [2.24, 2.45) is 0 Å². The van der Waals surface area contributed by atoms with Crippen molar-refractivity contribution < 1.29 is 27.3 Å². The normalized spacial score (nSPS) is 12.9. The van der Waals surface area contributed by atoms with Gasteiger partial charge < -0.3 is 14.6 Å². The maximum Gasteiger partial charge on any atom is 0.418 e. The molecule has 1 aromatic heterocycles. The molecule has 4 nitrogen and oxygen atoms in total. The molecule has 0 aliphatic heterocycles. The molecule has 7 heteroatoms. The molecule has 23 heavy (non-hydrogen) atoms. The molecule has 0 spiro atoms.